The van der Waals surface area contributed by atoms with Gasteiger partial charge < -0.3 is 15.0 Å². The molecule has 0 aromatic carbocycles. The first kappa shape index (κ1) is 14.7. The Bertz CT molecular complexity index is 326. The summed E-state index contributed by atoms with van der Waals surface area (Å²) in [6, 6.07) is 0. The highest BCUT2D eigenvalue weighted by Crippen LogP contribution is 2.20. The SMILES string of the molecule is COC(=O)C1CCN(C(=O)CSCC2CNC2)CC1. The number of rotatable bonds is 5. The number of amides is 1. The normalized spacial score (nSPS) is 21.0. The van der Waals surface area contributed by atoms with Gasteiger partial charge in [-0.25, -0.2) is 0 Å². The molecule has 0 spiro atoms. The Labute approximate surface area is 118 Å². The van der Waals surface area contributed by atoms with Crippen molar-refractivity contribution < 1.29 is 14.3 Å². The number of esters is 1. The monoisotopic (exact) mass is 286 g/mol. The molecule has 2 heterocycles. The number of thioether (sulfide) groups is 1. The van der Waals surface area contributed by atoms with Gasteiger partial charge in [0.05, 0.1) is 18.8 Å². The summed E-state index contributed by atoms with van der Waals surface area (Å²) >= 11 is 1.73. The van der Waals surface area contributed by atoms with Crippen LogP contribution in [-0.2, 0) is 14.3 Å². The van der Waals surface area contributed by atoms with E-state index in [9.17, 15) is 9.59 Å². The topological polar surface area (TPSA) is 58.6 Å². The molecule has 0 bridgehead atoms. The van der Waals surface area contributed by atoms with Crippen molar-refractivity contribution in [3.05, 3.63) is 0 Å². The first-order chi connectivity index (χ1) is 9.20. The molecule has 6 heteroatoms. The minimum Gasteiger partial charge on any atom is -0.469 e. The maximum Gasteiger partial charge on any atom is 0.308 e. The predicted octanol–water partition coefficient (Wildman–Crippen LogP) is 0.351. The molecule has 0 aromatic rings. The summed E-state index contributed by atoms with van der Waals surface area (Å²) in [5.74, 6) is 2.42. The van der Waals surface area contributed by atoms with Gasteiger partial charge in [-0.1, -0.05) is 0 Å². The van der Waals surface area contributed by atoms with Gasteiger partial charge in [0, 0.05) is 13.1 Å². The summed E-state index contributed by atoms with van der Waals surface area (Å²) in [5.41, 5.74) is 0. The molecule has 2 aliphatic rings. The molecule has 1 N–H and O–H groups in total. The summed E-state index contributed by atoms with van der Waals surface area (Å²) in [6.45, 7) is 3.55. The van der Waals surface area contributed by atoms with E-state index in [0.29, 0.717) is 18.8 Å². The van der Waals surface area contributed by atoms with E-state index in [2.05, 4.69) is 5.32 Å². The van der Waals surface area contributed by atoms with Crippen molar-refractivity contribution in [3.8, 4) is 0 Å². The lowest BCUT2D eigenvalue weighted by Crippen LogP contribution is -2.44. The van der Waals surface area contributed by atoms with Crippen LogP contribution in [0.2, 0.25) is 0 Å². The quantitative estimate of drug-likeness (QED) is 0.739. The van der Waals surface area contributed by atoms with Gasteiger partial charge in [0.2, 0.25) is 5.91 Å². The van der Waals surface area contributed by atoms with Crippen molar-refractivity contribution in [2.24, 2.45) is 11.8 Å². The molecule has 0 atom stereocenters. The fraction of sp³-hybridized carbons (Fsp3) is 0.846. The predicted molar refractivity (Wildman–Crippen MR) is 75.0 cm³/mol. The fourth-order valence-corrected chi connectivity index (χ4v) is 3.45. The molecule has 0 aliphatic carbocycles. The van der Waals surface area contributed by atoms with Crippen molar-refractivity contribution in [3.63, 3.8) is 0 Å². The number of methoxy groups -OCH3 is 1. The van der Waals surface area contributed by atoms with Gasteiger partial charge in [-0.2, -0.15) is 11.8 Å². The zero-order valence-corrected chi connectivity index (χ0v) is 12.2. The van der Waals surface area contributed by atoms with Gasteiger partial charge in [-0.15, -0.1) is 0 Å². The minimum atomic E-state index is -0.140. The number of hydrogen-bond donors (Lipinski definition) is 1. The van der Waals surface area contributed by atoms with Crippen LogP contribution in [0.25, 0.3) is 0 Å². The van der Waals surface area contributed by atoms with E-state index in [4.69, 9.17) is 4.74 Å². The third kappa shape index (κ3) is 4.11. The number of nitrogens with one attached hydrogen (secondary N) is 1. The van der Waals surface area contributed by atoms with E-state index in [1.165, 1.54) is 7.11 Å². The van der Waals surface area contributed by atoms with Crippen LogP contribution in [0.5, 0.6) is 0 Å². The second-order valence-electron chi connectivity index (χ2n) is 5.22. The van der Waals surface area contributed by atoms with E-state index in [0.717, 1.165) is 37.6 Å². The maximum atomic E-state index is 12.0. The van der Waals surface area contributed by atoms with Crippen LogP contribution < -0.4 is 5.32 Å². The van der Waals surface area contributed by atoms with Gasteiger partial charge in [-0.3, -0.25) is 9.59 Å². The maximum absolute atomic E-state index is 12.0. The standard InChI is InChI=1S/C13H22N2O3S/c1-18-13(17)11-2-4-15(5-3-11)12(16)9-19-8-10-6-14-7-10/h10-11,14H,2-9H2,1H3. The highest BCUT2D eigenvalue weighted by Gasteiger charge is 2.27. The van der Waals surface area contributed by atoms with Crippen LogP contribution in [0.4, 0.5) is 0 Å². The van der Waals surface area contributed by atoms with Gasteiger partial charge in [0.25, 0.3) is 0 Å². The summed E-state index contributed by atoms with van der Waals surface area (Å²) < 4.78 is 4.74. The average Bonchev–Trinajstić information content (AvgIpc) is 2.40. The van der Waals surface area contributed by atoms with Crippen LogP contribution in [0.15, 0.2) is 0 Å². The zero-order chi connectivity index (χ0) is 13.7. The molecule has 2 rings (SSSR count). The second kappa shape index (κ2) is 7.14. The molecule has 0 unspecified atom stereocenters. The average molecular weight is 286 g/mol. The first-order valence-corrected chi connectivity index (χ1v) is 8.00. The number of carbonyl (C=O) groups is 2. The van der Waals surface area contributed by atoms with Crippen molar-refractivity contribution in [2.45, 2.75) is 12.8 Å². The Hall–Kier alpha value is -0.750. The van der Waals surface area contributed by atoms with Crippen LogP contribution in [0.1, 0.15) is 12.8 Å². The Morgan fingerprint density at radius 2 is 2.00 bits per heavy atom. The van der Waals surface area contributed by atoms with Gasteiger partial charge in [-0.05, 0) is 37.6 Å². The van der Waals surface area contributed by atoms with E-state index in [1.54, 1.807) is 11.8 Å². The molecule has 0 saturated carbocycles. The smallest absolute Gasteiger partial charge is 0.308 e. The Morgan fingerprint density at radius 3 is 2.53 bits per heavy atom. The lowest BCUT2D eigenvalue weighted by Gasteiger charge is -2.31. The molecule has 108 valence electrons. The van der Waals surface area contributed by atoms with Crippen molar-refractivity contribution in [1.82, 2.24) is 10.2 Å². The molecular formula is C13H22N2O3S. The van der Waals surface area contributed by atoms with E-state index >= 15 is 0 Å². The van der Waals surface area contributed by atoms with E-state index in [-0.39, 0.29) is 17.8 Å². The van der Waals surface area contributed by atoms with Crippen LogP contribution in [0, 0.1) is 11.8 Å². The van der Waals surface area contributed by atoms with Gasteiger partial charge >= 0.3 is 5.97 Å². The first-order valence-electron chi connectivity index (χ1n) is 6.84. The zero-order valence-electron chi connectivity index (χ0n) is 11.4. The van der Waals surface area contributed by atoms with Gasteiger partial charge in [0.15, 0.2) is 0 Å². The van der Waals surface area contributed by atoms with Crippen LogP contribution >= 0.6 is 11.8 Å². The number of nitrogens with zero attached hydrogens (tertiary/aromatic N) is 1. The fourth-order valence-electron chi connectivity index (χ4n) is 2.40. The number of carbonyl (C=O) groups excluding carboxylic acids is 2. The lowest BCUT2D eigenvalue weighted by atomic mass is 9.97. The summed E-state index contributed by atoms with van der Waals surface area (Å²) in [4.78, 5) is 25.3. The Kier molecular flexibility index (Phi) is 5.51. The number of likely N-dealkylation sites (tertiary alicyclic amines) is 1. The third-order valence-corrected chi connectivity index (χ3v) is 4.99. The lowest BCUT2D eigenvalue weighted by molar-refractivity contribution is -0.148. The molecule has 5 nitrogen and oxygen atoms in total. The number of ether oxygens (including phenoxy) is 1. The molecule has 2 saturated heterocycles. The molecule has 0 aromatic heterocycles. The highest BCUT2D eigenvalue weighted by atomic mass is 32.2. The highest BCUT2D eigenvalue weighted by molar-refractivity contribution is 7.99. The number of hydrogen-bond acceptors (Lipinski definition) is 5. The summed E-state index contributed by atoms with van der Waals surface area (Å²) in [5, 5.41) is 3.23. The second-order valence-corrected chi connectivity index (χ2v) is 6.25. The van der Waals surface area contributed by atoms with E-state index < -0.39 is 0 Å². The Balaban J connectivity index is 1.62. The molecule has 19 heavy (non-hydrogen) atoms. The van der Waals surface area contributed by atoms with Crippen molar-refractivity contribution in [2.75, 3.05) is 44.8 Å². The van der Waals surface area contributed by atoms with Crippen LogP contribution in [-0.4, -0.2) is 61.6 Å². The minimum absolute atomic E-state index is 0.0252. The summed E-state index contributed by atoms with van der Waals surface area (Å²) in [6.07, 6.45) is 1.46. The summed E-state index contributed by atoms with van der Waals surface area (Å²) in [7, 11) is 1.42. The van der Waals surface area contributed by atoms with Crippen molar-refractivity contribution in [1.29, 1.82) is 0 Å². The van der Waals surface area contributed by atoms with Crippen LogP contribution in [0.3, 0.4) is 0 Å². The van der Waals surface area contributed by atoms with Gasteiger partial charge in [0.1, 0.15) is 0 Å². The molecule has 1 amide bonds. The van der Waals surface area contributed by atoms with E-state index in [1.807, 2.05) is 4.90 Å². The third-order valence-electron chi connectivity index (χ3n) is 3.83. The molecular weight excluding hydrogens is 264 g/mol. The molecule has 0 radical (unpaired) electrons. The number of piperidine rings is 1. The Morgan fingerprint density at radius 1 is 1.32 bits per heavy atom. The molecule has 2 fully saturated rings. The molecule has 2 aliphatic heterocycles. The van der Waals surface area contributed by atoms with Crippen molar-refractivity contribution >= 4 is 23.6 Å². The largest absolute Gasteiger partial charge is 0.469 e.